The van der Waals surface area contributed by atoms with Gasteiger partial charge in [-0.3, -0.25) is 10.00 Å². The number of rotatable bonds is 6. The fraction of sp³-hybridized carbons (Fsp3) is 0.529. The molecule has 0 saturated carbocycles. The highest BCUT2D eigenvalue weighted by molar-refractivity contribution is 6.32. The fourth-order valence-electron chi connectivity index (χ4n) is 3.18. The molecule has 2 heterocycles. The summed E-state index contributed by atoms with van der Waals surface area (Å²) >= 11 is 6.25. The number of hydrogen-bond donors (Lipinski definition) is 1. The molecule has 1 aromatic carbocycles. The van der Waals surface area contributed by atoms with Crippen molar-refractivity contribution in [1.29, 1.82) is 0 Å². The predicted molar refractivity (Wildman–Crippen MR) is 92.1 cm³/mol. The van der Waals surface area contributed by atoms with E-state index in [1.165, 1.54) is 18.4 Å². The molecule has 3 rings (SSSR count). The number of ether oxygens (including phenoxy) is 2. The van der Waals surface area contributed by atoms with E-state index in [0.29, 0.717) is 17.4 Å². The lowest BCUT2D eigenvalue weighted by molar-refractivity contribution is 0.133. The maximum atomic E-state index is 6.25. The van der Waals surface area contributed by atoms with Crippen LogP contribution in [0.4, 0.5) is 0 Å². The molecule has 0 unspecified atom stereocenters. The third-order valence-electron chi connectivity index (χ3n) is 4.34. The Morgan fingerprint density at radius 2 is 2.21 bits per heavy atom. The molecule has 1 atom stereocenters. The molecule has 1 aromatic heterocycles. The second-order valence-corrected chi connectivity index (χ2v) is 6.43. The van der Waals surface area contributed by atoms with Crippen LogP contribution in [0.3, 0.4) is 0 Å². The molecule has 0 radical (unpaired) electrons. The largest absolute Gasteiger partial charge is 0.495 e. The molecule has 1 N–H and O–H groups in total. The molecule has 24 heavy (non-hydrogen) atoms. The minimum Gasteiger partial charge on any atom is -0.495 e. The van der Waals surface area contributed by atoms with Gasteiger partial charge in [0.05, 0.1) is 18.2 Å². The topological polar surface area (TPSA) is 63.3 Å². The molecule has 1 saturated heterocycles. The quantitative estimate of drug-likeness (QED) is 0.865. The molecule has 2 aromatic rings. The van der Waals surface area contributed by atoms with E-state index in [2.05, 4.69) is 26.1 Å². The van der Waals surface area contributed by atoms with E-state index >= 15 is 0 Å². The summed E-state index contributed by atoms with van der Waals surface area (Å²) in [7, 11) is 3.28. The van der Waals surface area contributed by atoms with Crippen molar-refractivity contribution < 1.29 is 9.47 Å². The molecule has 7 heteroatoms. The minimum atomic E-state index is 0.224. The summed E-state index contributed by atoms with van der Waals surface area (Å²) in [5.41, 5.74) is 1.17. The number of benzene rings is 1. The molecule has 0 bridgehead atoms. The van der Waals surface area contributed by atoms with E-state index in [9.17, 15) is 0 Å². The molecule has 130 valence electrons. The number of methoxy groups -OCH3 is 2. The van der Waals surface area contributed by atoms with Crippen molar-refractivity contribution in [1.82, 2.24) is 20.1 Å². The van der Waals surface area contributed by atoms with Crippen molar-refractivity contribution in [3.05, 3.63) is 40.4 Å². The normalized spacial score (nSPS) is 18.7. The van der Waals surface area contributed by atoms with E-state index in [1.54, 1.807) is 14.2 Å². The van der Waals surface area contributed by atoms with E-state index < -0.39 is 0 Å². The summed E-state index contributed by atoms with van der Waals surface area (Å²) in [6, 6.07) is 6.17. The first-order valence-corrected chi connectivity index (χ1v) is 8.55. The lowest BCUT2D eigenvalue weighted by Crippen LogP contribution is -2.33. The van der Waals surface area contributed by atoms with Gasteiger partial charge in [0.25, 0.3) is 0 Å². The van der Waals surface area contributed by atoms with Crippen molar-refractivity contribution in [2.75, 3.05) is 20.8 Å². The van der Waals surface area contributed by atoms with Gasteiger partial charge in [0.15, 0.2) is 11.6 Å². The zero-order chi connectivity index (χ0) is 16.9. The number of aromatic nitrogens is 3. The van der Waals surface area contributed by atoms with Crippen LogP contribution in [0.5, 0.6) is 5.75 Å². The Morgan fingerprint density at radius 3 is 2.96 bits per heavy atom. The molecule has 0 amide bonds. The Labute approximate surface area is 147 Å². The SMILES string of the molecule is COCc1nc([C@@H]2CCCCN2Cc2ccc(OC)c(Cl)c2)n[nH]1. The molecular formula is C17H23ClN4O2. The maximum Gasteiger partial charge on any atom is 0.167 e. The van der Waals surface area contributed by atoms with Gasteiger partial charge in [-0.2, -0.15) is 5.10 Å². The third kappa shape index (κ3) is 3.88. The Kier molecular flexibility index (Phi) is 5.71. The Balaban J connectivity index is 1.75. The van der Waals surface area contributed by atoms with Crippen LogP contribution in [-0.4, -0.2) is 40.8 Å². The first kappa shape index (κ1) is 17.2. The molecular weight excluding hydrogens is 328 g/mol. The number of piperidine rings is 1. The molecule has 0 spiro atoms. The zero-order valence-corrected chi connectivity index (χ0v) is 14.8. The summed E-state index contributed by atoms with van der Waals surface area (Å²) < 4.78 is 10.3. The number of H-pyrrole nitrogens is 1. The molecule has 1 aliphatic rings. The van der Waals surface area contributed by atoms with Crippen molar-refractivity contribution in [2.24, 2.45) is 0 Å². The molecule has 6 nitrogen and oxygen atoms in total. The number of nitrogens with one attached hydrogen (secondary N) is 1. The number of halogens is 1. The van der Waals surface area contributed by atoms with Crippen molar-refractivity contribution in [3.8, 4) is 5.75 Å². The maximum absolute atomic E-state index is 6.25. The van der Waals surface area contributed by atoms with Crippen LogP contribution in [0.25, 0.3) is 0 Å². The van der Waals surface area contributed by atoms with E-state index in [4.69, 9.17) is 21.1 Å². The van der Waals surface area contributed by atoms with E-state index in [-0.39, 0.29) is 6.04 Å². The van der Waals surface area contributed by atoms with Gasteiger partial charge in [0.1, 0.15) is 12.4 Å². The first-order valence-electron chi connectivity index (χ1n) is 8.18. The standard InChI is InChI=1S/C17H23ClN4O2/c1-23-11-16-19-17(21-20-16)14-5-3-4-8-22(14)10-12-6-7-15(24-2)13(18)9-12/h6-7,9,14H,3-5,8,10-11H2,1-2H3,(H,19,20,21)/t14-/m0/s1. The highest BCUT2D eigenvalue weighted by Gasteiger charge is 2.27. The predicted octanol–water partition coefficient (Wildman–Crippen LogP) is 3.34. The Morgan fingerprint density at radius 1 is 1.33 bits per heavy atom. The fourth-order valence-corrected chi connectivity index (χ4v) is 3.46. The number of nitrogens with zero attached hydrogens (tertiary/aromatic N) is 3. The monoisotopic (exact) mass is 350 g/mol. The van der Waals surface area contributed by atoms with Crippen molar-refractivity contribution >= 4 is 11.6 Å². The lowest BCUT2D eigenvalue weighted by Gasteiger charge is -2.34. The summed E-state index contributed by atoms with van der Waals surface area (Å²) in [6.45, 7) is 2.30. The minimum absolute atomic E-state index is 0.224. The van der Waals surface area contributed by atoms with Crippen LogP contribution in [0, 0.1) is 0 Å². The van der Waals surface area contributed by atoms with Gasteiger partial charge in [-0.25, -0.2) is 4.98 Å². The van der Waals surface area contributed by atoms with Gasteiger partial charge in [0.2, 0.25) is 0 Å². The highest BCUT2D eigenvalue weighted by atomic mass is 35.5. The van der Waals surface area contributed by atoms with Crippen LogP contribution in [0.2, 0.25) is 5.02 Å². The van der Waals surface area contributed by atoms with E-state index in [0.717, 1.165) is 31.2 Å². The van der Waals surface area contributed by atoms with Crippen LogP contribution in [-0.2, 0) is 17.9 Å². The van der Waals surface area contributed by atoms with Crippen molar-refractivity contribution in [2.45, 2.75) is 38.5 Å². The van der Waals surface area contributed by atoms with Crippen LogP contribution >= 0.6 is 11.6 Å². The average molecular weight is 351 g/mol. The zero-order valence-electron chi connectivity index (χ0n) is 14.1. The van der Waals surface area contributed by atoms with Crippen LogP contribution in [0.1, 0.15) is 42.5 Å². The summed E-state index contributed by atoms with van der Waals surface area (Å²) in [5.74, 6) is 2.32. The second-order valence-electron chi connectivity index (χ2n) is 6.02. The lowest BCUT2D eigenvalue weighted by atomic mass is 10.0. The summed E-state index contributed by atoms with van der Waals surface area (Å²) in [5, 5.41) is 8.00. The number of hydrogen-bond acceptors (Lipinski definition) is 5. The van der Waals surface area contributed by atoms with Gasteiger partial charge < -0.3 is 9.47 Å². The summed E-state index contributed by atoms with van der Waals surface area (Å²) in [6.07, 6.45) is 3.45. The van der Waals surface area contributed by atoms with Crippen molar-refractivity contribution in [3.63, 3.8) is 0 Å². The molecule has 0 aliphatic carbocycles. The second kappa shape index (κ2) is 7.96. The van der Waals surface area contributed by atoms with Crippen LogP contribution in [0.15, 0.2) is 18.2 Å². The van der Waals surface area contributed by atoms with E-state index in [1.807, 2.05) is 12.1 Å². The van der Waals surface area contributed by atoms with Gasteiger partial charge in [0, 0.05) is 13.7 Å². The molecule has 1 fully saturated rings. The Bertz CT molecular complexity index is 676. The van der Waals surface area contributed by atoms with Gasteiger partial charge >= 0.3 is 0 Å². The Hall–Kier alpha value is -1.63. The van der Waals surface area contributed by atoms with Gasteiger partial charge in [-0.15, -0.1) is 0 Å². The summed E-state index contributed by atoms with van der Waals surface area (Å²) in [4.78, 5) is 7.00. The smallest absolute Gasteiger partial charge is 0.167 e. The van der Waals surface area contributed by atoms with Gasteiger partial charge in [-0.1, -0.05) is 24.1 Å². The first-order chi connectivity index (χ1) is 11.7. The number of likely N-dealkylation sites (tertiary alicyclic amines) is 1. The number of aromatic amines is 1. The van der Waals surface area contributed by atoms with Gasteiger partial charge in [-0.05, 0) is 37.1 Å². The third-order valence-corrected chi connectivity index (χ3v) is 4.64. The highest BCUT2D eigenvalue weighted by Crippen LogP contribution is 2.32. The average Bonchev–Trinajstić information content (AvgIpc) is 3.04. The molecule has 1 aliphatic heterocycles. The van der Waals surface area contributed by atoms with Crippen LogP contribution < -0.4 is 4.74 Å².